The van der Waals surface area contributed by atoms with E-state index in [9.17, 15) is 17.6 Å². The maximum Gasteiger partial charge on any atom is 0.268 e. The predicted molar refractivity (Wildman–Crippen MR) is 149 cm³/mol. The van der Waals surface area contributed by atoms with E-state index in [1.807, 2.05) is 19.9 Å². The zero-order chi connectivity index (χ0) is 28.2. The molecule has 0 saturated heterocycles. The highest BCUT2D eigenvalue weighted by atomic mass is 32.2. The minimum Gasteiger partial charge on any atom is -0.383 e. The van der Waals surface area contributed by atoms with Crippen LogP contribution in [0.15, 0.2) is 90.1 Å². The topological polar surface area (TPSA) is 129 Å². The molecule has 0 spiro atoms. The fourth-order valence-corrected chi connectivity index (χ4v) is 5.92. The molecule has 11 heteroatoms. The molecule has 3 aromatic heterocycles. The Kier molecular flexibility index (Phi) is 5.88. The summed E-state index contributed by atoms with van der Waals surface area (Å²) in [5.41, 5.74) is 10.3. The molecule has 3 N–H and O–H groups in total. The number of aromatic nitrogens is 5. The van der Waals surface area contributed by atoms with Gasteiger partial charge in [0.25, 0.3) is 10.0 Å². The summed E-state index contributed by atoms with van der Waals surface area (Å²) < 4.78 is 43.4. The Balaban J connectivity index is 1.47. The van der Waals surface area contributed by atoms with Gasteiger partial charge in [-0.25, -0.2) is 26.4 Å². The number of carbonyl (C=O) groups is 1. The number of ketones is 1. The van der Waals surface area contributed by atoms with Gasteiger partial charge in [-0.15, -0.1) is 0 Å². The first-order chi connectivity index (χ1) is 19.1. The molecule has 0 saturated carbocycles. The van der Waals surface area contributed by atoms with E-state index in [1.165, 1.54) is 59.5 Å². The van der Waals surface area contributed by atoms with Crippen LogP contribution in [0.4, 0.5) is 10.2 Å². The van der Waals surface area contributed by atoms with Crippen molar-refractivity contribution >= 4 is 32.7 Å². The van der Waals surface area contributed by atoms with E-state index in [1.54, 1.807) is 24.3 Å². The monoisotopic (exact) mass is 554 g/mol. The summed E-state index contributed by atoms with van der Waals surface area (Å²) in [4.78, 5) is 21.5. The van der Waals surface area contributed by atoms with E-state index < -0.39 is 21.6 Å². The van der Waals surface area contributed by atoms with E-state index in [-0.39, 0.29) is 22.0 Å². The van der Waals surface area contributed by atoms with Crippen LogP contribution in [0.25, 0.3) is 27.8 Å². The Labute approximate surface area is 228 Å². The zero-order valence-corrected chi connectivity index (χ0v) is 22.3. The summed E-state index contributed by atoms with van der Waals surface area (Å²) in [6, 6.07) is 18.7. The molecule has 0 radical (unpaired) electrons. The number of aromatic amines is 1. The highest BCUT2D eigenvalue weighted by Crippen LogP contribution is 2.30. The van der Waals surface area contributed by atoms with Crippen LogP contribution in [-0.2, 0) is 10.0 Å². The van der Waals surface area contributed by atoms with E-state index >= 15 is 0 Å². The lowest BCUT2D eigenvalue weighted by atomic mass is 10.1. The molecular formula is C29H23FN6O3S. The molecule has 0 bridgehead atoms. The molecule has 0 aliphatic rings. The number of hydrogen-bond donors (Lipinski definition) is 2. The molecule has 6 rings (SSSR count). The summed E-state index contributed by atoms with van der Waals surface area (Å²) in [5, 5.41) is 4.31. The number of aryl methyl sites for hydroxylation is 2. The van der Waals surface area contributed by atoms with Crippen LogP contribution in [0, 0.1) is 19.7 Å². The Morgan fingerprint density at radius 3 is 2.40 bits per heavy atom. The van der Waals surface area contributed by atoms with Crippen LogP contribution >= 0.6 is 0 Å². The second kappa shape index (κ2) is 9.31. The van der Waals surface area contributed by atoms with Gasteiger partial charge in [0.15, 0.2) is 0 Å². The van der Waals surface area contributed by atoms with Gasteiger partial charge in [-0.1, -0.05) is 29.8 Å². The van der Waals surface area contributed by atoms with Crippen LogP contribution in [0.3, 0.4) is 0 Å². The molecule has 6 aromatic rings. The fraction of sp³-hybridized carbons (Fsp3) is 0.0690. The number of fused-ring (bicyclic) bond motifs is 1. The number of imidazole rings is 1. The van der Waals surface area contributed by atoms with E-state index in [2.05, 4.69) is 15.1 Å². The van der Waals surface area contributed by atoms with Crippen molar-refractivity contribution in [2.24, 2.45) is 0 Å². The van der Waals surface area contributed by atoms with Crippen LogP contribution in [-0.4, -0.2) is 37.9 Å². The Morgan fingerprint density at radius 2 is 1.68 bits per heavy atom. The summed E-state index contributed by atoms with van der Waals surface area (Å²) in [6.07, 6.45) is 2.66. The van der Waals surface area contributed by atoms with Crippen LogP contribution < -0.4 is 5.73 Å². The summed E-state index contributed by atoms with van der Waals surface area (Å²) in [5.74, 6) is -0.274. The lowest BCUT2D eigenvalue weighted by molar-refractivity contribution is 0.103. The van der Waals surface area contributed by atoms with E-state index in [0.717, 1.165) is 20.9 Å². The summed E-state index contributed by atoms with van der Waals surface area (Å²) in [7, 11) is -4.17. The first kappa shape index (κ1) is 25.3. The third-order valence-corrected chi connectivity index (χ3v) is 8.34. The van der Waals surface area contributed by atoms with Crippen molar-refractivity contribution in [3.63, 3.8) is 0 Å². The van der Waals surface area contributed by atoms with Gasteiger partial charge in [-0.05, 0) is 67.9 Å². The zero-order valence-electron chi connectivity index (χ0n) is 21.5. The number of H-pyrrole nitrogens is 1. The number of nitrogens with one attached hydrogen (secondary N) is 1. The highest BCUT2D eigenvalue weighted by molar-refractivity contribution is 7.90. The number of hydrogen-bond acceptors (Lipinski definition) is 6. The minimum absolute atomic E-state index is 0.0136. The number of halogens is 1. The first-order valence-corrected chi connectivity index (χ1v) is 13.7. The van der Waals surface area contributed by atoms with Crippen molar-refractivity contribution in [2.45, 2.75) is 18.7 Å². The Bertz CT molecular complexity index is 2020. The minimum atomic E-state index is -4.17. The van der Waals surface area contributed by atoms with Gasteiger partial charge in [0.2, 0.25) is 5.78 Å². The largest absolute Gasteiger partial charge is 0.383 e. The van der Waals surface area contributed by atoms with Gasteiger partial charge in [0.05, 0.1) is 33.4 Å². The van der Waals surface area contributed by atoms with Gasteiger partial charge < -0.3 is 10.7 Å². The Hall–Kier alpha value is -5.03. The number of carbonyl (C=O) groups excluding carboxylic acids is 1. The van der Waals surface area contributed by atoms with Crippen LogP contribution in [0.2, 0.25) is 0 Å². The van der Waals surface area contributed by atoms with Gasteiger partial charge in [-0.2, -0.15) is 5.10 Å². The maximum atomic E-state index is 13.9. The average molecular weight is 555 g/mol. The molecule has 0 atom stereocenters. The molecule has 0 fully saturated rings. The number of benzene rings is 3. The molecule has 0 aliphatic heterocycles. The standard InChI is InChI=1S/C29H23FN6O3S/c1-17-3-10-23(11-4-17)40(38,39)35-16-20(19-5-7-21(30)8-6-19)13-27(35)28(37)24-15-32-36(29(24)31)22-9-12-25-26(14-22)34-18(2)33-25/h3-16H,31H2,1-2H3,(H,33,34). The Morgan fingerprint density at radius 1 is 0.950 bits per heavy atom. The molecule has 9 nitrogen and oxygen atoms in total. The number of nitrogens with zero attached hydrogens (tertiary/aromatic N) is 4. The number of rotatable bonds is 6. The number of anilines is 1. The number of nitrogens with two attached hydrogens (primary N) is 1. The van der Waals surface area contributed by atoms with Gasteiger partial charge in [0.1, 0.15) is 23.2 Å². The molecule has 3 heterocycles. The van der Waals surface area contributed by atoms with E-state index in [0.29, 0.717) is 22.3 Å². The van der Waals surface area contributed by atoms with Crippen molar-refractivity contribution in [3.8, 4) is 16.8 Å². The SMILES string of the molecule is Cc1ccc(S(=O)(=O)n2cc(-c3ccc(F)cc3)cc2C(=O)c2cnn(-c3ccc4[nH]c(C)nc4c3)c2N)cc1. The second-order valence-electron chi connectivity index (χ2n) is 9.44. The van der Waals surface area contributed by atoms with Crippen molar-refractivity contribution in [3.05, 3.63) is 114 Å². The quantitative estimate of drug-likeness (QED) is 0.278. The smallest absolute Gasteiger partial charge is 0.268 e. The van der Waals surface area contributed by atoms with Crippen molar-refractivity contribution in [1.82, 2.24) is 23.7 Å². The molecular weight excluding hydrogens is 531 g/mol. The molecule has 0 aliphatic carbocycles. The molecule has 0 unspecified atom stereocenters. The van der Waals surface area contributed by atoms with Gasteiger partial charge in [-0.3, -0.25) is 4.79 Å². The first-order valence-electron chi connectivity index (χ1n) is 12.3. The van der Waals surface area contributed by atoms with Crippen LogP contribution in [0.5, 0.6) is 0 Å². The van der Waals surface area contributed by atoms with Gasteiger partial charge >= 0.3 is 0 Å². The normalized spacial score (nSPS) is 11.8. The molecule has 40 heavy (non-hydrogen) atoms. The molecule has 3 aromatic carbocycles. The lowest BCUT2D eigenvalue weighted by Crippen LogP contribution is -2.19. The summed E-state index contributed by atoms with van der Waals surface area (Å²) in [6.45, 7) is 3.69. The maximum absolute atomic E-state index is 13.9. The third kappa shape index (κ3) is 4.26. The average Bonchev–Trinajstić information content (AvgIpc) is 3.65. The van der Waals surface area contributed by atoms with Gasteiger partial charge in [0, 0.05) is 11.8 Å². The highest BCUT2D eigenvalue weighted by Gasteiger charge is 2.28. The molecule has 200 valence electrons. The summed E-state index contributed by atoms with van der Waals surface area (Å²) >= 11 is 0. The van der Waals surface area contributed by atoms with Crippen molar-refractivity contribution < 1.29 is 17.6 Å². The number of nitrogen functional groups attached to an aromatic ring is 1. The van der Waals surface area contributed by atoms with E-state index in [4.69, 9.17) is 5.73 Å². The predicted octanol–water partition coefficient (Wildman–Crippen LogP) is 5.02. The fourth-order valence-electron chi connectivity index (χ4n) is 4.56. The third-order valence-electron chi connectivity index (χ3n) is 6.65. The van der Waals surface area contributed by atoms with Crippen molar-refractivity contribution in [2.75, 3.05) is 5.73 Å². The van der Waals surface area contributed by atoms with Crippen molar-refractivity contribution in [1.29, 1.82) is 0 Å². The van der Waals surface area contributed by atoms with Crippen LogP contribution in [0.1, 0.15) is 27.4 Å². The lowest BCUT2D eigenvalue weighted by Gasteiger charge is -2.10. The molecule has 0 amide bonds. The second-order valence-corrected chi connectivity index (χ2v) is 11.3.